The molecular weight excluding hydrogens is 488 g/mol. The molecule has 3 aliphatic rings. The Labute approximate surface area is 220 Å². The Morgan fingerprint density at radius 2 is 1.95 bits per heavy atom. The second-order valence-electron chi connectivity index (χ2n) is 10.3. The monoisotopic (exact) mass is 524 g/mol. The van der Waals surface area contributed by atoms with Gasteiger partial charge in [-0.1, -0.05) is 18.9 Å². The number of ether oxygens (including phenoxy) is 1. The highest BCUT2D eigenvalue weighted by Gasteiger charge is 2.26. The molecule has 3 aromatic rings. The lowest BCUT2D eigenvalue weighted by molar-refractivity contribution is 0.122. The maximum Gasteiger partial charge on any atom is 0.264 e. The van der Waals surface area contributed by atoms with Crippen molar-refractivity contribution in [3.05, 3.63) is 28.6 Å². The lowest BCUT2D eigenvalue weighted by Gasteiger charge is -2.30. The molecule has 11 heteroatoms. The number of anilines is 3. The van der Waals surface area contributed by atoms with E-state index in [-0.39, 0.29) is 23.7 Å². The summed E-state index contributed by atoms with van der Waals surface area (Å²) in [5.74, 6) is 1.18. The normalized spacial score (nSPS) is 24.8. The van der Waals surface area contributed by atoms with E-state index in [1.165, 1.54) is 24.2 Å². The van der Waals surface area contributed by atoms with Crippen molar-refractivity contribution in [2.45, 2.75) is 56.7 Å². The number of hydrogen-bond acceptors (Lipinski definition) is 10. The van der Waals surface area contributed by atoms with Crippen molar-refractivity contribution in [2.24, 2.45) is 5.73 Å². The van der Waals surface area contributed by atoms with E-state index in [1.807, 2.05) is 6.07 Å². The Kier molecular flexibility index (Phi) is 7.27. The second-order valence-corrected chi connectivity index (χ2v) is 11.3. The summed E-state index contributed by atoms with van der Waals surface area (Å²) in [5, 5.41) is 11.4. The maximum atomic E-state index is 13.6. The molecule has 3 atom stereocenters. The average molecular weight is 525 g/mol. The highest BCUT2D eigenvalue weighted by molar-refractivity contribution is 7.21. The van der Waals surface area contributed by atoms with Crippen LogP contribution in [0.15, 0.2) is 23.0 Å². The van der Waals surface area contributed by atoms with Crippen LogP contribution in [-0.2, 0) is 4.74 Å². The molecule has 1 aromatic carbocycles. The molecule has 0 amide bonds. The first-order valence-electron chi connectivity index (χ1n) is 13.5. The number of H-pyrrole nitrogens is 1. The molecule has 2 aromatic heterocycles. The molecule has 2 aliphatic heterocycles. The summed E-state index contributed by atoms with van der Waals surface area (Å²) in [6.45, 7) is 4.51. The maximum absolute atomic E-state index is 13.6. The first kappa shape index (κ1) is 24.6. The molecule has 0 bridgehead atoms. The van der Waals surface area contributed by atoms with Crippen molar-refractivity contribution in [3.63, 3.8) is 0 Å². The molecule has 0 unspecified atom stereocenters. The van der Waals surface area contributed by atoms with Crippen molar-refractivity contribution < 1.29 is 4.74 Å². The van der Waals surface area contributed by atoms with Gasteiger partial charge in [-0.15, -0.1) is 11.3 Å². The van der Waals surface area contributed by atoms with Crippen molar-refractivity contribution in [2.75, 3.05) is 54.9 Å². The number of benzene rings is 1. The number of hydrogen-bond donors (Lipinski definition) is 5. The summed E-state index contributed by atoms with van der Waals surface area (Å²) in [6, 6.07) is 6.74. The zero-order valence-corrected chi connectivity index (χ0v) is 21.9. The number of para-hydroxylation sites is 1. The molecule has 10 nitrogen and oxygen atoms in total. The van der Waals surface area contributed by atoms with Gasteiger partial charge in [0.15, 0.2) is 0 Å². The first-order valence-corrected chi connectivity index (χ1v) is 14.3. The molecule has 1 aliphatic carbocycles. The molecule has 6 rings (SSSR count). The quantitative estimate of drug-likeness (QED) is 0.330. The van der Waals surface area contributed by atoms with Crippen LogP contribution in [0, 0.1) is 0 Å². The first-order chi connectivity index (χ1) is 18.2. The fourth-order valence-corrected chi connectivity index (χ4v) is 6.60. The average Bonchev–Trinajstić information content (AvgIpc) is 3.35. The molecule has 37 heavy (non-hydrogen) atoms. The number of morpholine rings is 1. The van der Waals surface area contributed by atoms with Crippen molar-refractivity contribution in [1.82, 2.24) is 20.3 Å². The lowest BCUT2D eigenvalue weighted by atomic mass is 9.91. The standard InChI is InChI=1S/C26H36N8O2S/c27-17-6-1-2-7-18(17)30-19-8-3-9-20-22(19)31-25(37-20)21-23(29-16-5-4-10-28-15-16)32-26(33-24(21)35)34-11-13-36-14-12-34/h3,8-9,16-18,28,30H,1-2,4-7,10-15,27H2,(H2,29,32,33,35)/t16-,17-,18+/m1/s1. The molecule has 198 valence electrons. The van der Waals surface area contributed by atoms with Gasteiger partial charge < -0.3 is 31.3 Å². The van der Waals surface area contributed by atoms with Crippen LogP contribution in [-0.4, -0.2) is 72.5 Å². The third-order valence-corrected chi connectivity index (χ3v) is 8.69. The summed E-state index contributed by atoms with van der Waals surface area (Å²) in [4.78, 5) is 28.6. The zero-order valence-electron chi connectivity index (χ0n) is 21.1. The van der Waals surface area contributed by atoms with E-state index in [0.717, 1.165) is 54.7 Å². The molecule has 0 radical (unpaired) electrons. The highest BCUT2D eigenvalue weighted by Crippen LogP contribution is 2.36. The summed E-state index contributed by atoms with van der Waals surface area (Å²) >= 11 is 1.53. The number of piperidine rings is 1. The molecule has 4 heterocycles. The minimum Gasteiger partial charge on any atom is -0.379 e. The molecular formula is C26H36N8O2S. The SMILES string of the molecule is N[C@@H]1CCCC[C@@H]1Nc1cccc2sc(-c3c(N[C@@H]4CCCNC4)nc(N4CCOCC4)[nH]c3=O)nc12. The van der Waals surface area contributed by atoms with Crippen LogP contribution >= 0.6 is 11.3 Å². The number of nitrogens with zero attached hydrogens (tertiary/aromatic N) is 3. The third-order valence-electron chi connectivity index (χ3n) is 7.65. The van der Waals surface area contributed by atoms with Crippen LogP contribution in [0.1, 0.15) is 38.5 Å². The Morgan fingerprint density at radius 3 is 2.76 bits per heavy atom. The molecule has 0 spiro atoms. The van der Waals surface area contributed by atoms with Crippen LogP contribution in [0.3, 0.4) is 0 Å². The predicted octanol–water partition coefficient (Wildman–Crippen LogP) is 2.73. The second kappa shape index (κ2) is 10.9. The lowest BCUT2D eigenvalue weighted by Crippen LogP contribution is -2.42. The number of aromatic amines is 1. The van der Waals surface area contributed by atoms with Gasteiger partial charge in [-0.05, 0) is 44.4 Å². The van der Waals surface area contributed by atoms with Gasteiger partial charge in [-0.25, -0.2) is 4.98 Å². The van der Waals surface area contributed by atoms with E-state index in [0.29, 0.717) is 48.6 Å². The largest absolute Gasteiger partial charge is 0.379 e. The number of fused-ring (bicyclic) bond motifs is 1. The van der Waals surface area contributed by atoms with E-state index in [9.17, 15) is 4.79 Å². The fourth-order valence-electron chi connectivity index (χ4n) is 5.57. The number of nitrogens with one attached hydrogen (secondary N) is 4. The zero-order chi connectivity index (χ0) is 25.2. The van der Waals surface area contributed by atoms with Crippen molar-refractivity contribution in [3.8, 4) is 10.6 Å². The van der Waals surface area contributed by atoms with Crippen LogP contribution in [0.2, 0.25) is 0 Å². The molecule has 6 N–H and O–H groups in total. The van der Waals surface area contributed by atoms with Gasteiger partial charge >= 0.3 is 0 Å². The Hall–Kier alpha value is -2.73. The van der Waals surface area contributed by atoms with Gasteiger partial charge in [0.2, 0.25) is 5.95 Å². The van der Waals surface area contributed by atoms with Crippen LogP contribution in [0.5, 0.6) is 0 Å². The van der Waals surface area contributed by atoms with Crippen LogP contribution < -0.4 is 32.1 Å². The molecule has 2 saturated heterocycles. The number of nitrogens with two attached hydrogens (primary N) is 1. The molecule has 1 saturated carbocycles. The summed E-state index contributed by atoms with van der Waals surface area (Å²) < 4.78 is 6.53. The van der Waals surface area contributed by atoms with Crippen LogP contribution in [0.25, 0.3) is 20.8 Å². The molecule has 3 fully saturated rings. The summed E-state index contributed by atoms with van der Waals surface area (Å²) in [5.41, 5.74) is 8.59. The third kappa shape index (κ3) is 5.31. The number of rotatable bonds is 6. The topological polar surface area (TPSA) is 133 Å². The fraction of sp³-hybridized carbons (Fsp3) is 0.577. The van der Waals surface area contributed by atoms with Crippen molar-refractivity contribution >= 4 is 39.0 Å². The van der Waals surface area contributed by atoms with E-state index in [2.05, 4.69) is 38.0 Å². The van der Waals surface area contributed by atoms with Crippen LogP contribution in [0.4, 0.5) is 17.5 Å². The highest BCUT2D eigenvalue weighted by atomic mass is 32.1. The van der Waals surface area contributed by atoms with E-state index < -0.39 is 0 Å². The Bertz CT molecular complexity index is 1280. The van der Waals surface area contributed by atoms with Crippen molar-refractivity contribution in [1.29, 1.82) is 0 Å². The Morgan fingerprint density at radius 1 is 1.08 bits per heavy atom. The van der Waals surface area contributed by atoms with Gasteiger partial charge in [-0.2, -0.15) is 4.98 Å². The number of aromatic nitrogens is 3. The number of thiazole rings is 1. The van der Waals surface area contributed by atoms with E-state index >= 15 is 0 Å². The minimum absolute atomic E-state index is 0.141. The predicted molar refractivity (Wildman–Crippen MR) is 150 cm³/mol. The van der Waals surface area contributed by atoms with Gasteiger partial charge in [0, 0.05) is 37.8 Å². The van der Waals surface area contributed by atoms with Gasteiger partial charge in [0.1, 0.15) is 21.9 Å². The van der Waals surface area contributed by atoms with E-state index in [1.54, 1.807) is 0 Å². The van der Waals surface area contributed by atoms with Gasteiger partial charge in [0.05, 0.1) is 23.6 Å². The smallest absolute Gasteiger partial charge is 0.264 e. The Balaban J connectivity index is 1.38. The summed E-state index contributed by atoms with van der Waals surface area (Å²) in [6.07, 6.45) is 6.59. The summed E-state index contributed by atoms with van der Waals surface area (Å²) in [7, 11) is 0. The van der Waals surface area contributed by atoms with Gasteiger partial charge in [-0.3, -0.25) is 9.78 Å². The van der Waals surface area contributed by atoms with Gasteiger partial charge in [0.25, 0.3) is 5.56 Å². The minimum atomic E-state index is -0.175. The van der Waals surface area contributed by atoms with E-state index in [4.69, 9.17) is 20.4 Å².